The van der Waals surface area contributed by atoms with E-state index in [1.807, 2.05) is 0 Å². The summed E-state index contributed by atoms with van der Waals surface area (Å²) in [5, 5.41) is 0. The van der Waals surface area contributed by atoms with Crippen molar-refractivity contribution in [2.75, 3.05) is 13.2 Å². The lowest BCUT2D eigenvalue weighted by atomic mass is 10.0. The number of unbranched alkanes of at least 4 members (excludes halogenated alkanes) is 52. The third-order valence-electron chi connectivity index (χ3n) is 15.0. The van der Waals surface area contributed by atoms with Crippen LogP contribution >= 0.6 is 0 Å². The Kier molecular flexibility index (Phi) is 68.9. The highest BCUT2D eigenvalue weighted by Gasteiger charge is 2.05. The fraction of sp³-hybridized carbons (Fsp3) is 0.970. The van der Waals surface area contributed by atoms with Crippen LogP contribution in [-0.4, -0.2) is 25.2 Å². The molecule has 4 nitrogen and oxygen atoms in total. The van der Waals surface area contributed by atoms with Gasteiger partial charge in [-0.25, -0.2) is 0 Å². The number of carbonyl (C=O) groups excluding carboxylic acids is 2. The van der Waals surface area contributed by atoms with Crippen LogP contribution < -0.4 is 0 Å². The van der Waals surface area contributed by atoms with Crippen molar-refractivity contribution >= 4 is 11.9 Å². The molecule has 0 aliphatic heterocycles. The molecule has 420 valence electrons. The lowest BCUT2D eigenvalue weighted by Crippen LogP contribution is -2.05. The van der Waals surface area contributed by atoms with Gasteiger partial charge in [0.2, 0.25) is 0 Å². The Bertz CT molecular complexity index is 933. The molecule has 0 spiro atoms. The van der Waals surface area contributed by atoms with Crippen molar-refractivity contribution in [3.63, 3.8) is 0 Å². The van der Waals surface area contributed by atoms with Gasteiger partial charge in [0, 0.05) is 12.8 Å². The second-order valence-electron chi connectivity index (χ2n) is 22.3. The largest absolute Gasteiger partial charge is 0.466 e. The number of hydrogen-bond donors (Lipinski definition) is 0. The van der Waals surface area contributed by atoms with Crippen molar-refractivity contribution < 1.29 is 19.1 Å². The molecule has 0 heterocycles. The predicted molar refractivity (Wildman–Crippen MR) is 312 cm³/mol. The van der Waals surface area contributed by atoms with Crippen LogP contribution in [0.3, 0.4) is 0 Å². The minimum atomic E-state index is 0.0213. The maximum Gasteiger partial charge on any atom is 0.305 e. The van der Waals surface area contributed by atoms with Crippen LogP contribution in [0.4, 0.5) is 0 Å². The molecule has 0 saturated heterocycles. The third-order valence-corrected chi connectivity index (χ3v) is 15.0. The first-order valence-corrected chi connectivity index (χ1v) is 32.9. The standard InChI is InChI=1S/C35H70O2.C31H62O2/c1-3-5-7-9-11-13-15-17-18-19-20-21-23-25-27-29-31-33-35(36)37-34-32-30-28-26-24-22-16-14-12-10-8-6-4-2;1-3-5-7-9-11-12-13-14-15-16-17-18-19-20-21-22-23-25-27-29-31(32)33-30-28-26-24-10-8-6-4-2/h3-34H2,1-2H3;3-30H2,1-2H3. The SMILES string of the molecule is CCCCCCCCCCCCCCCCCCCC(=O)OCCCCCCCCCCCCCCC.CCCCCCCCCCCCCCCCCCCCCC(=O)OCCCCCCCCC. The highest BCUT2D eigenvalue weighted by Crippen LogP contribution is 2.18. The molecule has 4 heteroatoms. The van der Waals surface area contributed by atoms with Gasteiger partial charge in [-0.1, -0.05) is 362 Å². The van der Waals surface area contributed by atoms with E-state index in [9.17, 15) is 9.59 Å². The summed E-state index contributed by atoms with van der Waals surface area (Å²) in [6.07, 6.45) is 77.4. The minimum absolute atomic E-state index is 0.0213. The molecule has 0 bridgehead atoms. The summed E-state index contributed by atoms with van der Waals surface area (Å²) < 4.78 is 10.8. The molecular weight excluding hydrogens is 857 g/mol. The molecule has 0 aromatic heterocycles. The lowest BCUT2D eigenvalue weighted by Gasteiger charge is -2.06. The maximum absolute atomic E-state index is 11.9. The molecule has 0 radical (unpaired) electrons. The number of rotatable bonds is 60. The molecule has 0 amide bonds. The Balaban J connectivity index is 0. The van der Waals surface area contributed by atoms with Gasteiger partial charge < -0.3 is 9.47 Å². The van der Waals surface area contributed by atoms with Crippen molar-refractivity contribution in [3.8, 4) is 0 Å². The molecule has 0 rings (SSSR count). The fourth-order valence-corrected chi connectivity index (χ4v) is 10.0. The van der Waals surface area contributed by atoms with Crippen molar-refractivity contribution in [2.45, 2.75) is 400 Å². The second kappa shape index (κ2) is 67.9. The van der Waals surface area contributed by atoms with Crippen molar-refractivity contribution in [2.24, 2.45) is 0 Å². The Morgan fingerprint density at radius 3 is 0.471 bits per heavy atom. The average Bonchev–Trinajstić information content (AvgIpc) is 3.36. The van der Waals surface area contributed by atoms with Gasteiger partial charge in [0.25, 0.3) is 0 Å². The van der Waals surface area contributed by atoms with Crippen molar-refractivity contribution in [1.29, 1.82) is 0 Å². The normalized spacial score (nSPS) is 11.3. The van der Waals surface area contributed by atoms with Gasteiger partial charge in [-0.2, -0.15) is 0 Å². The van der Waals surface area contributed by atoms with Crippen LogP contribution in [0.25, 0.3) is 0 Å². The van der Waals surface area contributed by atoms with Gasteiger partial charge in [0.1, 0.15) is 0 Å². The van der Waals surface area contributed by atoms with E-state index in [1.165, 1.54) is 334 Å². The number of carbonyl (C=O) groups is 2. The van der Waals surface area contributed by atoms with Gasteiger partial charge in [-0.15, -0.1) is 0 Å². The Morgan fingerprint density at radius 1 is 0.186 bits per heavy atom. The molecule has 0 N–H and O–H groups in total. The molecule has 0 atom stereocenters. The summed E-state index contributed by atoms with van der Waals surface area (Å²) in [5.41, 5.74) is 0. The van der Waals surface area contributed by atoms with Gasteiger partial charge in [0.05, 0.1) is 13.2 Å². The van der Waals surface area contributed by atoms with E-state index in [4.69, 9.17) is 9.47 Å². The van der Waals surface area contributed by atoms with Gasteiger partial charge in [-0.3, -0.25) is 9.59 Å². The number of hydrogen-bond acceptors (Lipinski definition) is 4. The Morgan fingerprint density at radius 2 is 0.314 bits per heavy atom. The first-order valence-electron chi connectivity index (χ1n) is 32.9. The van der Waals surface area contributed by atoms with Crippen LogP contribution in [-0.2, 0) is 19.1 Å². The Labute approximate surface area is 442 Å². The topological polar surface area (TPSA) is 52.6 Å². The van der Waals surface area contributed by atoms with Crippen LogP contribution in [0.15, 0.2) is 0 Å². The van der Waals surface area contributed by atoms with Crippen LogP contribution in [0.5, 0.6) is 0 Å². The van der Waals surface area contributed by atoms with Crippen LogP contribution in [0.2, 0.25) is 0 Å². The first-order chi connectivity index (χ1) is 34.6. The first kappa shape index (κ1) is 71.0. The van der Waals surface area contributed by atoms with Crippen LogP contribution in [0, 0.1) is 0 Å². The molecule has 0 aliphatic carbocycles. The summed E-state index contributed by atoms with van der Waals surface area (Å²) in [7, 11) is 0. The molecule has 0 saturated carbocycles. The summed E-state index contributed by atoms with van der Waals surface area (Å²) in [5.74, 6) is 0.0489. The van der Waals surface area contributed by atoms with E-state index in [2.05, 4.69) is 27.7 Å². The maximum atomic E-state index is 11.9. The van der Waals surface area contributed by atoms with E-state index in [0.29, 0.717) is 26.1 Å². The second-order valence-corrected chi connectivity index (χ2v) is 22.3. The van der Waals surface area contributed by atoms with Crippen molar-refractivity contribution in [3.05, 3.63) is 0 Å². The molecule has 70 heavy (non-hydrogen) atoms. The van der Waals surface area contributed by atoms with E-state index in [1.54, 1.807) is 0 Å². The monoisotopic (exact) mass is 989 g/mol. The molecular formula is C66H132O4. The summed E-state index contributed by atoms with van der Waals surface area (Å²) in [6, 6.07) is 0. The minimum Gasteiger partial charge on any atom is -0.466 e. The molecule has 0 aliphatic rings. The molecule has 0 fully saturated rings. The quantitative estimate of drug-likeness (QED) is 0.0450. The van der Waals surface area contributed by atoms with E-state index in [-0.39, 0.29) is 11.9 Å². The summed E-state index contributed by atoms with van der Waals surface area (Å²) in [4.78, 5) is 23.7. The summed E-state index contributed by atoms with van der Waals surface area (Å²) >= 11 is 0. The van der Waals surface area contributed by atoms with Crippen LogP contribution in [0.1, 0.15) is 400 Å². The zero-order chi connectivity index (χ0) is 51.0. The number of ether oxygens (including phenoxy) is 2. The van der Waals surface area contributed by atoms with E-state index in [0.717, 1.165) is 25.7 Å². The van der Waals surface area contributed by atoms with E-state index < -0.39 is 0 Å². The van der Waals surface area contributed by atoms with Crippen molar-refractivity contribution in [1.82, 2.24) is 0 Å². The Hall–Kier alpha value is -1.06. The lowest BCUT2D eigenvalue weighted by molar-refractivity contribution is -0.144. The smallest absolute Gasteiger partial charge is 0.305 e. The molecule has 0 unspecified atom stereocenters. The predicted octanol–water partition coefficient (Wildman–Crippen LogP) is 23.8. The molecule has 0 aromatic rings. The summed E-state index contributed by atoms with van der Waals surface area (Å²) in [6.45, 7) is 10.4. The van der Waals surface area contributed by atoms with E-state index >= 15 is 0 Å². The van der Waals surface area contributed by atoms with Gasteiger partial charge in [-0.05, 0) is 25.7 Å². The third kappa shape index (κ3) is 69.0. The molecule has 0 aromatic carbocycles. The van der Waals surface area contributed by atoms with Gasteiger partial charge >= 0.3 is 11.9 Å². The average molecular weight is 990 g/mol. The highest BCUT2D eigenvalue weighted by atomic mass is 16.5. The zero-order valence-corrected chi connectivity index (χ0v) is 49.1. The zero-order valence-electron chi connectivity index (χ0n) is 49.1. The highest BCUT2D eigenvalue weighted by molar-refractivity contribution is 5.69. The fourth-order valence-electron chi connectivity index (χ4n) is 10.0. The van der Waals surface area contributed by atoms with Gasteiger partial charge in [0.15, 0.2) is 0 Å². The number of esters is 2.